The van der Waals surface area contributed by atoms with Crippen molar-refractivity contribution in [1.29, 1.82) is 0 Å². The van der Waals surface area contributed by atoms with E-state index in [1.807, 2.05) is 27.7 Å². The van der Waals surface area contributed by atoms with Crippen LogP contribution in [0, 0.1) is 0 Å². The molecule has 2 rings (SSSR count). The molecule has 0 spiro atoms. The predicted octanol–water partition coefficient (Wildman–Crippen LogP) is 4.63. The average molecular weight is 222 g/mol. The molecule has 0 saturated carbocycles. The van der Waals surface area contributed by atoms with Crippen LogP contribution in [0.25, 0.3) is 0 Å². The van der Waals surface area contributed by atoms with Gasteiger partial charge in [-0.05, 0) is 36.5 Å². The minimum Gasteiger partial charge on any atom is -0.493 e. The van der Waals surface area contributed by atoms with Gasteiger partial charge in [-0.25, -0.2) is 0 Å². The van der Waals surface area contributed by atoms with Crippen LogP contribution in [0.1, 0.15) is 52.2 Å². The molecule has 1 aliphatic rings. The molecule has 16 heavy (non-hydrogen) atoms. The van der Waals surface area contributed by atoms with E-state index >= 15 is 0 Å². The number of benzene rings is 1. The van der Waals surface area contributed by atoms with Gasteiger partial charge in [0.25, 0.3) is 0 Å². The van der Waals surface area contributed by atoms with Crippen LogP contribution in [0.2, 0.25) is 0 Å². The standard InChI is InChI=1S/C11H14O.2C2H6/c1-2-9-5-6-11-10(8-9)4-3-7-12-11;2*1-2/h5-6,8H,2-4,7H2,1H3;2*1-2H3. The molecule has 1 heteroatoms. The molecule has 92 valence electrons. The van der Waals surface area contributed by atoms with Crippen molar-refractivity contribution in [3.05, 3.63) is 29.3 Å². The molecular formula is C15H26O. The van der Waals surface area contributed by atoms with Crippen LogP contribution in [0.4, 0.5) is 0 Å². The molecule has 0 saturated heterocycles. The van der Waals surface area contributed by atoms with E-state index in [-0.39, 0.29) is 0 Å². The molecule has 1 aromatic rings. The third-order valence-electron chi connectivity index (χ3n) is 2.38. The monoisotopic (exact) mass is 222 g/mol. The first kappa shape index (κ1) is 15.0. The summed E-state index contributed by atoms with van der Waals surface area (Å²) >= 11 is 0. The Bertz CT molecular complexity index is 279. The topological polar surface area (TPSA) is 9.23 Å². The molecule has 1 heterocycles. The van der Waals surface area contributed by atoms with Crippen molar-refractivity contribution >= 4 is 0 Å². The van der Waals surface area contributed by atoms with Gasteiger partial charge >= 0.3 is 0 Å². The van der Waals surface area contributed by atoms with Crippen molar-refractivity contribution in [2.75, 3.05) is 6.61 Å². The zero-order chi connectivity index (χ0) is 12.4. The van der Waals surface area contributed by atoms with Crippen LogP contribution in [0.15, 0.2) is 18.2 Å². The molecule has 0 aromatic heterocycles. The Kier molecular flexibility index (Phi) is 8.69. The fourth-order valence-corrected chi connectivity index (χ4v) is 1.63. The van der Waals surface area contributed by atoms with Crippen LogP contribution in [-0.2, 0) is 12.8 Å². The SMILES string of the molecule is CC.CC.CCc1ccc2c(c1)CCCO2. The summed E-state index contributed by atoms with van der Waals surface area (Å²) in [4.78, 5) is 0. The number of aryl methyl sites for hydroxylation is 2. The molecule has 0 amide bonds. The van der Waals surface area contributed by atoms with E-state index in [0.717, 1.165) is 18.8 Å². The quantitative estimate of drug-likeness (QED) is 0.673. The van der Waals surface area contributed by atoms with Crippen molar-refractivity contribution < 1.29 is 4.74 Å². The summed E-state index contributed by atoms with van der Waals surface area (Å²) in [7, 11) is 0. The number of rotatable bonds is 1. The van der Waals surface area contributed by atoms with Crippen LogP contribution >= 0.6 is 0 Å². The minimum absolute atomic E-state index is 0.887. The van der Waals surface area contributed by atoms with Crippen molar-refractivity contribution in [3.8, 4) is 5.75 Å². The predicted molar refractivity (Wildman–Crippen MR) is 72.3 cm³/mol. The fraction of sp³-hybridized carbons (Fsp3) is 0.600. The van der Waals surface area contributed by atoms with E-state index in [0.29, 0.717) is 0 Å². The highest BCUT2D eigenvalue weighted by molar-refractivity contribution is 5.38. The summed E-state index contributed by atoms with van der Waals surface area (Å²) in [6.07, 6.45) is 3.47. The first-order valence-electron chi connectivity index (χ1n) is 6.65. The number of hydrogen-bond acceptors (Lipinski definition) is 1. The molecule has 0 unspecified atom stereocenters. The Balaban J connectivity index is 0.000000509. The van der Waals surface area contributed by atoms with Crippen LogP contribution in [-0.4, -0.2) is 6.61 Å². The number of hydrogen-bond donors (Lipinski definition) is 0. The smallest absolute Gasteiger partial charge is 0.122 e. The van der Waals surface area contributed by atoms with Crippen LogP contribution < -0.4 is 4.74 Å². The van der Waals surface area contributed by atoms with Gasteiger partial charge in [-0.1, -0.05) is 46.8 Å². The van der Waals surface area contributed by atoms with Gasteiger partial charge in [0, 0.05) is 0 Å². The maximum atomic E-state index is 5.52. The molecule has 1 aliphatic heterocycles. The zero-order valence-electron chi connectivity index (χ0n) is 11.5. The van der Waals surface area contributed by atoms with Gasteiger partial charge in [-0.15, -0.1) is 0 Å². The van der Waals surface area contributed by atoms with Gasteiger partial charge in [-0.3, -0.25) is 0 Å². The van der Waals surface area contributed by atoms with Crippen molar-refractivity contribution in [3.63, 3.8) is 0 Å². The van der Waals surface area contributed by atoms with E-state index in [2.05, 4.69) is 25.1 Å². The van der Waals surface area contributed by atoms with Gasteiger partial charge in [0.1, 0.15) is 5.75 Å². The highest BCUT2D eigenvalue weighted by Gasteiger charge is 2.09. The molecule has 0 aliphatic carbocycles. The lowest BCUT2D eigenvalue weighted by atomic mass is 10.0. The average Bonchev–Trinajstić information content (AvgIpc) is 2.42. The second-order valence-electron chi connectivity index (χ2n) is 3.25. The highest BCUT2D eigenvalue weighted by atomic mass is 16.5. The maximum absolute atomic E-state index is 5.52. The Labute approximate surface area is 101 Å². The van der Waals surface area contributed by atoms with Gasteiger partial charge in [-0.2, -0.15) is 0 Å². The van der Waals surface area contributed by atoms with Crippen molar-refractivity contribution in [2.45, 2.75) is 53.9 Å². The summed E-state index contributed by atoms with van der Waals surface area (Å²) < 4.78 is 5.52. The minimum atomic E-state index is 0.887. The van der Waals surface area contributed by atoms with Gasteiger partial charge in [0.05, 0.1) is 6.61 Å². The normalized spacial score (nSPS) is 12.1. The van der Waals surface area contributed by atoms with Crippen LogP contribution in [0.3, 0.4) is 0 Å². The summed E-state index contributed by atoms with van der Waals surface area (Å²) in [5.41, 5.74) is 2.81. The third kappa shape index (κ3) is 4.26. The summed E-state index contributed by atoms with van der Waals surface area (Å²) in [6, 6.07) is 6.53. The molecule has 1 aromatic carbocycles. The van der Waals surface area contributed by atoms with Crippen molar-refractivity contribution in [1.82, 2.24) is 0 Å². The first-order valence-corrected chi connectivity index (χ1v) is 6.65. The third-order valence-corrected chi connectivity index (χ3v) is 2.38. The lowest BCUT2D eigenvalue weighted by Gasteiger charge is -2.17. The van der Waals surface area contributed by atoms with E-state index in [9.17, 15) is 0 Å². The number of ether oxygens (including phenoxy) is 1. The number of fused-ring (bicyclic) bond motifs is 1. The molecule has 0 fully saturated rings. The largest absolute Gasteiger partial charge is 0.493 e. The lowest BCUT2D eigenvalue weighted by Crippen LogP contribution is -2.08. The second-order valence-corrected chi connectivity index (χ2v) is 3.25. The molecule has 1 nitrogen and oxygen atoms in total. The van der Waals surface area contributed by atoms with Gasteiger partial charge in [0.15, 0.2) is 0 Å². The van der Waals surface area contributed by atoms with E-state index in [1.165, 1.54) is 24.0 Å². The molecule has 0 N–H and O–H groups in total. The Morgan fingerprint density at radius 1 is 1.12 bits per heavy atom. The van der Waals surface area contributed by atoms with Crippen LogP contribution in [0.5, 0.6) is 5.75 Å². The zero-order valence-corrected chi connectivity index (χ0v) is 11.5. The Morgan fingerprint density at radius 3 is 2.44 bits per heavy atom. The Hall–Kier alpha value is -0.980. The maximum Gasteiger partial charge on any atom is 0.122 e. The molecule has 0 atom stereocenters. The summed E-state index contributed by atoms with van der Waals surface area (Å²) in [6.45, 7) is 11.1. The summed E-state index contributed by atoms with van der Waals surface area (Å²) in [5.74, 6) is 1.10. The fourth-order valence-electron chi connectivity index (χ4n) is 1.63. The molecule has 0 radical (unpaired) electrons. The Morgan fingerprint density at radius 2 is 1.81 bits per heavy atom. The van der Waals surface area contributed by atoms with E-state index < -0.39 is 0 Å². The molecular weight excluding hydrogens is 196 g/mol. The molecule has 0 bridgehead atoms. The summed E-state index contributed by atoms with van der Waals surface area (Å²) in [5, 5.41) is 0. The second kappa shape index (κ2) is 9.26. The lowest BCUT2D eigenvalue weighted by molar-refractivity contribution is 0.288. The van der Waals surface area contributed by atoms with E-state index in [4.69, 9.17) is 4.74 Å². The van der Waals surface area contributed by atoms with Crippen molar-refractivity contribution in [2.24, 2.45) is 0 Å². The first-order chi connectivity index (χ1) is 7.90. The van der Waals surface area contributed by atoms with Gasteiger partial charge < -0.3 is 4.74 Å². The van der Waals surface area contributed by atoms with E-state index in [1.54, 1.807) is 0 Å². The van der Waals surface area contributed by atoms with Gasteiger partial charge in [0.2, 0.25) is 0 Å². The highest BCUT2D eigenvalue weighted by Crippen LogP contribution is 2.25.